The van der Waals surface area contributed by atoms with E-state index in [-0.39, 0.29) is 18.7 Å². The van der Waals surface area contributed by atoms with Gasteiger partial charge in [0.2, 0.25) is 0 Å². The van der Waals surface area contributed by atoms with Crippen molar-refractivity contribution in [3.8, 4) is 16.9 Å². The Bertz CT molecular complexity index is 1100. The standard InChI is InChI=1S/C26H29N3O4/c30-22(17-28-10-7-21(8-11-28)29-12-13-32-26(29)31)18-33-23-14-19-4-1-2-6-24(19)25(15-23)20-5-3-9-27-16-20/h1-6,9,14-16,21-22,30H,7-8,10-13,17-18H2. The van der Waals surface area contributed by atoms with Crippen molar-refractivity contribution in [2.24, 2.45) is 0 Å². The molecule has 0 radical (unpaired) electrons. The van der Waals surface area contributed by atoms with Gasteiger partial charge < -0.3 is 24.4 Å². The summed E-state index contributed by atoms with van der Waals surface area (Å²) < 4.78 is 11.1. The number of amides is 1. The molecule has 5 rings (SSSR count). The second kappa shape index (κ2) is 9.77. The Hall–Kier alpha value is -3.16. The molecule has 0 bridgehead atoms. The third-order valence-electron chi connectivity index (χ3n) is 6.51. The molecule has 172 valence electrons. The summed E-state index contributed by atoms with van der Waals surface area (Å²) in [6.45, 7) is 3.67. The van der Waals surface area contributed by atoms with Crippen LogP contribution in [0.1, 0.15) is 12.8 Å². The van der Waals surface area contributed by atoms with Gasteiger partial charge in [-0.2, -0.15) is 0 Å². The van der Waals surface area contributed by atoms with Crippen molar-refractivity contribution in [1.82, 2.24) is 14.8 Å². The summed E-state index contributed by atoms with van der Waals surface area (Å²) >= 11 is 0. The topological polar surface area (TPSA) is 75.1 Å². The second-order valence-electron chi connectivity index (χ2n) is 8.74. The molecule has 1 N–H and O–H groups in total. The average molecular weight is 448 g/mol. The fourth-order valence-electron chi connectivity index (χ4n) is 4.82. The zero-order valence-corrected chi connectivity index (χ0v) is 18.6. The number of carbonyl (C=O) groups is 1. The van der Waals surface area contributed by atoms with Crippen LogP contribution in [0.25, 0.3) is 21.9 Å². The predicted octanol–water partition coefficient (Wildman–Crippen LogP) is 3.56. The quantitative estimate of drug-likeness (QED) is 0.597. The van der Waals surface area contributed by atoms with Gasteiger partial charge in [0.05, 0.1) is 6.54 Å². The summed E-state index contributed by atoms with van der Waals surface area (Å²) in [6.07, 6.45) is 4.65. The highest BCUT2D eigenvalue weighted by Gasteiger charge is 2.32. The maximum atomic E-state index is 11.8. The number of hydrogen-bond acceptors (Lipinski definition) is 6. The smallest absolute Gasteiger partial charge is 0.410 e. The molecule has 7 heteroatoms. The Balaban J connectivity index is 1.19. The maximum absolute atomic E-state index is 11.8. The molecular formula is C26H29N3O4. The molecule has 1 atom stereocenters. The zero-order chi connectivity index (χ0) is 22.6. The van der Waals surface area contributed by atoms with E-state index < -0.39 is 6.10 Å². The van der Waals surface area contributed by atoms with Crippen molar-refractivity contribution in [2.75, 3.05) is 39.4 Å². The first-order valence-electron chi connectivity index (χ1n) is 11.6. The Labute approximate surface area is 193 Å². The molecule has 2 aromatic carbocycles. The molecular weight excluding hydrogens is 418 g/mol. The fourth-order valence-corrected chi connectivity index (χ4v) is 4.82. The summed E-state index contributed by atoms with van der Waals surface area (Å²) in [5.41, 5.74) is 2.10. The number of aromatic nitrogens is 1. The highest BCUT2D eigenvalue weighted by atomic mass is 16.6. The molecule has 2 fully saturated rings. The molecule has 0 spiro atoms. The first-order valence-corrected chi connectivity index (χ1v) is 11.6. The number of aliphatic hydroxyl groups is 1. The van der Waals surface area contributed by atoms with Gasteiger partial charge in [0.1, 0.15) is 25.1 Å². The second-order valence-corrected chi connectivity index (χ2v) is 8.74. The van der Waals surface area contributed by atoms with E-state index in [1.54, 1.807) is 6.20 Å². The van der Waals surface area contributed by atoms with Crippen LogP contribution in [0.3, 0.4) is 0 Å². The number of nitrogens with zero attached hydrogens (tertiary/aromatic N) is 3. The van der Waals surface area contributed by atoms with Gasteiger partial charge in [0, 0.05) is 43.6 Å². The van der Waals surface area contributed by atoms with Crippen molar-refractivity contribution < 1.29 is 19.4 Å². The first-order chi connectivity index (χ1) is 16.2. The van der Waals surface area contributed by atoms with Crippen LogP contribution in [0.4, 0.5) is 4.79 Å². The molecule has 2 saturated heterocycles. The number of likely N-dealkylation sites (tertiary alicyclic amines) is 1. The Kier molecular flexibility index (Phi) is 6.41. The lowest BCUT2D eigenvalue weighted by Crippen LogP contribution is -2.47. The lowest BCUT2D eigenvalue weighted by atomic mass is 9.99. The summed E-state index contributed by atoms with van der Waals surface area (Å²) in [4.78, 5) is 20.1. The number of rotatable bonds is 7. The monoisotopic (exact) mass is 447 g/mol. The van der Waals surface area contributed by atoms with Crippen LogP contribution in [-0.4, -0.2) is 77.5 Å². The fraction of sp³-hybridized carbons (Fsp3) is 0.385. The predicted molar refractivity (Wildman–Crippen MR) is 126 cm³/mol. The molecule has 0 saturated carbocycles. The van der Waals surface area contributed by atoms with Crippen LogP contribution in [0.15, 0.2) is 60.9 Å². The van der Waals surface area contributed by atoms with Crippen LogP contribution in [0.5, 0.6) is 5.75 Å². The van der Waals surface area contributed by atoms with Gasteiger partial charge in [0.15, 0.2) is 0 Å². The molecule has 33 heavy (non-hydrogen) atoms. The molecule has 1 amide bonds. The molecule has 3 heterocycles. The zero-order valence-electron chi connectivity index (χ0n) is 18.6. The van der Waals surface area contributed by atoms with Gasteiger partial charge in [-0.25, -0.2) is 4.79 Å². The summed E-state index contributed by atoms with van der Waals surface area (Å²) in [7, 11) is 0. The van der Waals surface area contributed by atoms with E-state index in [4.69, 9.17) is 9.47 Å². The van der Waals surface area contributed by atoms with Gasteiger partial charge in [-0.3, -0.25) is 4.98 Å². The molecule has 2 aliphatic heterocycles. The van der Waals surface area contributed by atoms with E-state index in [9.17, 15) is 9.90 Å². The molecule has 7 nitrogen and oxygen atoms in total. The SMILES string of the molecule is O=C1OCCN1C1CCN(CC(O)COc2cc(-c3cccnc3)c3ccccc3c2)CC1. The van der Waals surface area contributed by atoms with E-state index in [2.05, 4.69) is 22.0 Å². The molecule has 3 aromatic rings. The van der Waals surface area contributed by atoms with Gasteiger partial charge in [-0.1, -0.05) is 30.3 Å². The average Bonchev–Trinajstić information content (AvgIpc) is 3.29. The minimum Gasteiger partial charge on any atom is -0.491 e. The van der Waals surface area contributed by atoms with Crippen molar-refractivity contribution in [1.29, 1.82) is 0 Å². The summed E-state index contributed by atoms with van der Waals surface area (Å²) in [5.74, 6) is 0.734. The molecule has 0 aliphatic carbocycles. The molecule has 1 aromatic heterocycles. The summed E-state index contributed by atoms with van der Waals surface area (Å²) in [6, 6.07) is 16.5. The third kappa shape index (κ3) is 4.94. The van der Waals surface area contributed by atoms with Gasteiger partial charge >= 0.3 is 6.09 Å². The number of β-amino-alcohol motifs (C(OH)–C–C–N with tert-alkyl or cyclic N) is 1. The normalized spacial score (nSPS) is 18.5. The number of aliphatic hydroxyl groups excluding tert-OH is 1. The maximum Gasteiger partial charge on any atom is 0.410 e. The lowest BCUT2D eigenvalue weighted by Gasteiger charge is -2.36. The van der Waals surface area contributed by atoms with Gasteiger partial charge in [-0.05, 0) is 47.4 Å². The summed E-state index contributed by atoms with van der Waals surface area (Å²) in [5, 5.41) is 12.9. The van der Waals surface area contributed by atoms with Crippen molar-refractivity contribution in [3.63, 3.8) is 0 Å². The Morgan fingerprint density at radius 2 is 1.97 bits per heavy atom. The Morgan fingerprint density at radius 3 is 2.73 bits per heavy atom. The highest BCUT2D eigenvalue weighted by molar-refractivity contribution is 5.97. The van der Waals surface area contributed by atoms with E-state index in [1.165, 1.54) is 0 Å². The number of pyridine rings is 1. The number of benzene rings is 2. The van der Waals surface area contributed by atoms with Crippen molar-refractivity contribution in [3.05, 3.63) is 60.9 Å². The van der Waals surface area contributed by atoms with Crippen LogP contribution in [0.2, 0.25) is 0 Å². The lowest BCUT2D eigenvalue weighted by molar-refractivity contribution is 0.0498. The number of fused-ring (bicyclic) bond motifs is 1. The van der Waals surface area contributed by atoms with Gasteiger partial charge in [0.25, 0.3) is 0 Å². The van der Waals surface area contributed by atoms with Crippen LogP contribution >= 0.6 is 0 Å². The van der Waals surface area contributed by atoms with E-state index in [0.29, 0.717) is 19.7 Å². The van der Waals surface area contributed by atoms with Crippen molar-refractivity contribution >= 4 is 16.9 Å². The highest BCUT2D eigenvalue weighted by Crippen LogP contribution is 2.32. The van der Waals surface area contributed by atoms with Crippen molar-refractivity contribution in [2.45, 2.75) is 25.0 Å². The van der Waals surface area contributed by atoms with Crippen LogP contribution < -0.4 is 4.74 Å². The largest absolute Gasteiger partial charge is 0.491 e. The van der Waals surface area contributed by atoms with Crippen LogP contribution in [-0.2, 0) is 4.74 Å². The Morgan fingerprint density at radius 1 is 1.12 bits per heavy atom. The van der Waals surface area contributed by atoms with E-state index >= 15 is 0 Å². The molecule has 1 unspecified atom stereocenters. The van der Waals surface area contributed by atoms with Crippen LogP contribution in [0, 0.1) is 0 Å². The molecule has 2 aliphatic rings. The number of cyclic esters (lactones) is 1. The minimum atomic E-state index is -0.591. The third-order valence-corrected chi connectivity index (χ3v) is 6.51. The minimum absolute atomic E-state index is 0.192. The van der Waals surface area contributed by atoms with E-state index in [1.807, 2.05) is 47.5 Å². The van der Waals surface area contributed by atoms with Gasteiger partial charge in [-0.15, -0.1) is 0 Å². The first kappa shape index (κ1) is 21.7. The number of carbonyl (C=O) groups excluding carboxylic acids is 1. The number of hydrogen-bond donors (Lipinski definition) is 1. The number of piperidine rings is 1. The number of ether oxygens (including phenoxy) is 2. The van der Waals surface area contributed by atoms with E-state index in [0.717, 1.165) is 53.6 Å².